The molecular weight excluding hydrogens is 533 g/mol. The number of hydrogen-bond acceptors (Lipinski definition) is 3. The number of nitrogens with zero attached hydrogens (tertiary/aromatic N) is 3. The molecule has 1 saturated heterocycles. The molecule has 0 spiro atoms. The van der Waals surface area contributed by atoms with E-state index in [-0.39, 0.29) is 30.2 Å². The molecular formula is C33H30FN5OS. The van der Waals surface area contributed by atoms with E-state index < -0.39 is 0 Å². The van der Waals surface area contributed by atoms with Crippen molar-refractivity contribution in [3.63, 3.8) is 0 Å². The van der Waals surface area contributed by atoms with Crippen molar-refractivity contribution in [1.82, 2.24) is 19.8 Å². The topological polar surface area (TPSA) is 62.2 Å². The SMILES string of the molecule is Cc1cc(C2C(c3ccccn3)NC(=S)N2CCC(=O)Nc2ccc(F)cc2)c(C)n1-c1cccc2ccccc12. The summed E-state index contributed by atoms with van der Waals surface area (Å²) < 4.78 is 15.6. The third-order valence-electron chi connectivity index (χ3n) is 7.70. The van der Waals surface area contributed by atoms with E-state index in [0.717, 1.165) is 28.3 Å². The number of nitrogens with one attached hydrogen (secondary N) is 2. The van der Waals surface area contributed by atoms with Gasteiger partial charge in [0.15, 0.2) is 5.11 Å². The maximum absolute atomic E-state index is 13.3. The molecule has 1 fully saturated rings. The maximum atomic E-state index is 13.3. The Bertz CT molecular complexity index is 1730. The number of amides is 1. The van der Waals surface area contributed by atoms with Crippen molar-refractivity contribution in [3.8, 4) is 5.69 Å². The molecule has 41 heavy (non-hydrogen) atoms. The number of carbonyl (C=O) groups is 1. The number of halogens is 1. The summed E-state index contributed by atoms with van der Waals surface area (Å²) in [6.07, 6.45) is 2.00. The van der Waals surface area contributed by atoms with E-state index in [0.29, 0.717) is 17.3 Å². The van der Waals surface area contributed by atoms with Gasteiger partial charge < -0.3 is 20.1 Å². The fraction of sp³-hybridized carbons (Fsp3) is 0.182. The van der Waals surface area contributed by atoms with Gasteiger partial charge in [0, 0.05) is 41.6 Å². The van der Waals surface area contributed by atoms with Gasteiger partial charge in [-0.3, -0.25) is 9.78 Å². The first-order valence-electron chi connectivity index (χ1n) is 13.6. The largest absolute Gasteiger partial charge is 0.352 e. The monoisotopic (exact) mass is 563 g/mol. The Morgan fingerprint density at radius 3 is 2.54 bits per heavy atom. The number of hydrogen-bond donors (Lipinski definition) is 2. The van der Waals surface area contributed by atoms with Crippen LogP contribution in [0.4, 0.5) is 10.1 Å². The average molecular weight is 564 g/mol. The van der Waals surface area contributed by atoms with Gasteiger partial charge in [-0.1, -0.05) is 42.5 Å². The van der Waals surface area contributed by atoms with Gasteiger partial charge in [-0.2, -0.15) is 0 Å². The molecule has 2 N–H and O–H groups in total. The van der Waals surface area contributed by atoms with E-state index in [2.05, 4.69) is 87.5 Å². The molecule has 0 bridgehead atoms. The third-order valence-corrected chi connectivity index (χ3v) is 8.05. The summed E-state index contributed by atoms with van der Waals surface area (Å²) in [4.78, 5) is 19.6. The van der Waals surface area contributed by atoms with Gasteiger partial charge in [-0.15, -0.1) is 0 Å². The van der Waals surface area contributed by atoms with Gasteiger partial charge in [0.1, 0.15) is 5.82 Å². The summed E-state index contributed by atoms with van der Waals surface area (Å²) >= 11 is 5.84. The predicted molar refractivity (Wildman–Crippen MR) is 165 cm³/mol. The Balaban J connectivity index is 1.36. The maximum Gasteiger partial charge on any atom is 0.226 e. The molecule has 0 radical (unpaired) electrons. The van der Waals surface area contributed by atoms with E-state index in [1.807, 2.05) is 18.2 Å². The van der Waals surface area contributed by atoms with Gasteiger partial charge in [0.2, 0.25) is 5.91 Å². The van der Waals surface area contributed by atoms with Crippen LogP contribution in [-0.2, 0) is 4.79 Å². The summed E-state index contributed by atoms with van der Waals surface area (Å²) in [5.74, 6) is -0.512. The van der Waals surface area contributed by atoms with Crippen molar-refractivity contribution >= 4 is 39.7 Å². The molecule has 206 valence electrons. The molecule has 2 unspecified atom stereocenters. The second-order valence-corrected chi connectivity index (χ2v) is 10.7. The molecule has 1 amide bonds. The van der Waals surface area contributed by atoms with Crippen molar-refractivity contribution in [1.29, 1.82) is 0 Å². The Hall–Kier alpha value is -4.56. The van der Waals surface area contributed by atoms with Gasteiger partial charge in [-0.25, -0.2) is 4.39 Å². The second-order valence-electron chi connectivity index (χ2n) is 10.3. The minimum Gasteiger partial charge on any atom is -0.352 e. The lowest BCUT2D eigenvalue weighted by molar-refractivity contribution is -0.116. The molecule has 6 nitrogen and oxygen atoms in total. The summed E-state index contributed by atoms with van der Waals surface area (Å²) in [7, 11) is 0. The summed E-state index contributed by atoms with van der Waals surface area (Å²) in [5, 5.41) is 9.28. The number of benzene rings is 3. The number of anilines is 1. The van der Waals surface area contributed by atoms with Crippen LogP contribution in [0.15, 0.2) is 97.2 Å². The zero-order chi connectivity index (χ0) is 28.5. The van der Waals surface area contributed by atoms with Crippen LogP contribution in [0.3, 0.4) is 0 Å². The Morgan fingerprint density at radius 1 is 1.00 bits per heavy atom. The molecule has 8 heteroatoms. The van der Waals surface area contributed by atoms with E-state index in [1.54, 1.807) is 18.3 Å². The first-order chi connectivity index (χ1) is 19.9. The van der Waals surface area contributed by atoms with E-state index >= 15 is 0 Å². The van der Waals surface area contributed by atoms with Crippen LogP contribution >= 0.6 is 12.2 Å². The fourth-order valence-corrected chi connectivity index (χ4v) is 6.16. The molecule has 6 rings (SSSR count). The number of thiocarbonyl (C=S) groups is 1. The van der Waals surface area contributed by atoms with Crippen molar-refractivity contribution in [2.24, 2.45) is 0 Å². The van der Waals surface area contributed by atoms with Gasteiger partial charge in [0.25, 0.3) is 0 Å². The summed E-state index contributed by atoms with van der Waals surface area (Å²) in [6, 6.07) is 28.3. The Morgan fingerprint density at radius 2 is 1.76 bits per heavy atom. The average Bonchev–Trinajstić information content (AvgIpc) is 3.47. The molecule has 5 aromatic rings. The number of aromatic nitrogens is 2. The lowest BCUT2D eigenvalue weighted by atomic mass is 9.96. The second kappa shape index (κ2) is 11.1. The fourth-order valence-electron chi connectivity index (χ4n) is 5.82. The molecule has 2 atom stereocenters. The number of pyridine rings is 1. The summed E-state index contributed by atoms with van der Waals surface area (Å²) in [6.45, 7) is 4.67. The number of rotatable bonds is 7. The molecule has 1 aliphatic rings. The van der Waals surface area contributed by atoms with Gasteiger partial charge in [0.05, 0.1) is 23.5 Å². The van der Waals surface area contributed by atoms with Crippen LogP contribution in [0.1, 0.15) is 41.1 Å². The van der Waals surface area contributed by atoms with Crippen LogP contribution in [-0.4, -0.2) is 32.0 Å². The molecule has 0 saturated carbocycles. The Kier molecular flexibility index (Phi) is 7.24. The van der Waals surface area contributed by atoms with Gasteiger partial charge >= 0.3 is 0 Å². The smallest absolute Gasteiger partial charge is 0.226 e. The molecule has 3 heterocycles. The third kappa shape index (κ3) is 5.18. The van der Waals surface area contributed by atoms with Crippen LogP contribution in [0.2, 0.25) is 0 Å². The highest BCUT2D eigenvalue weighted by atomic mass is 32.1. The zero-order valence-corrected chi connectivity index (χ0v) is 23.7. The van der Waals surface area contributed by atoms with Crippen molar-refractivity contribution in [3.05, 3.63) is 126 Å². The molecule has 2 aromatic heterocycles. The summed E-state index contributed by atoms with van der Waals surface area (Å²) in [5.41, 5.74) is 5.90. The van der Waals surface area contributed by atoms with Crippen molar-refractivity contribution in [2.45, 2.75) is 32.4 Å². The van der Waals surface area contributed by atoms with E-state index in [1.165, 1.54) is 22.9 Å². The van der Waals surface area contributed by atoms with Crippen molar-refractivity contribution in [2.75, 3.05) is 11.9 Å². The molecule has 1 aliphatic heterocycles. The lowest BCUT2D eigenvalue weighted by Crippen LogP contribution is -2.32. The highest BCUT2D eigenvalue weighted by molar-refractivity contribution is 7.80. The normalized spacial score (nSPS) is 16.7. The number of aryl methyl sites for hydroxylation is 1. The predicted octanol–water partition coefficient (Wildman–Crippen LogP) is 6.78. The highest BCUT2D eigenvalue weighted by Gasteiger charge is 2.41. The minimum atomic E-state index is -0.346. The number of carbonyl (C=O) groups excluding carboxylic acids is 1. The van der Waals surface area contributed by atoms with Crippen molar-refractivity contribution < 1.29 is 9.18 Å². The molecule has 3 aromatic carbocycles. The van der Waals surface area contributed by atoms with Crippen LogP contribution in [0.5, 0.6) is 0 Å². The standard InChI is InChI=1S/C33H30FN5OS/c1-21-20-27(22(2)39(21)29-12-7-9-23-8-3-4-10-26(23)29)32-31(28-11-5-6-18-35-28)37-33(41)38(32)19-17-30(40)36-25-15-13-24(34)14-16-25/h3-16,18,20,31-32H,17,19H2,1-2H3,(H,36,40)(H,37,41). The first-order valence-corrected chi connectivity index (χ1v) is 14.0. The first kappa shape index (κ1) is 26.7. The van der Waals surface area contributed by atoms with Crippen LogP contribution < -0.4 is 10.6 Å². The lowest BCUT2D eigenvalue weighted by Gasteiger charge is -2.28. The highest BCUT2D eigenvalue weighted by Crippen LogP contribution is 2.42. The quantitative estimate of drug-likeness (QED) is 0.214. The van der Waals surface area contributed by atoms with E-state index in [9.17, 15) is 9.18 Å². The Labute approximate surface area is 243 Å². The van der Waals surface area contributed by atoms with Gasteiger partial charge in [-0.05, 0) is 85.5 Å². The van der Waals surface area contributed by atoms with E-state index in [4.69, 9.17) is 12.2 Å². The number of fused-ring (bicyclic) bond motifs is 1. The minimum absolute atomic E-state index is 0.166. The van der Waals surface area contributed by atoms with Crippen LogP contribution in [0.25, 0.3) is 16.5 Å². The molecule has 0 aliphatic carbocycles. The van der Waals surface area contributed by atoms with Crippen LogP contribution in [0, 0.1) is 19.7 Å². The zero-order valence-electron chi connectivity index (χ0n) is 22.8.